The quantitative estimate of drug-likeness (QED) is 0.828. The molecule has 1 fully saturated rings. The van der Waals surface area contributed by atoms with E-state index < -0.39 is 0 Å². The summed E-state index contributed by atoms with van der Waals surface area (Å²) >= 11 is 0. The smallest absolute Gasteiger partial charge is 0.227 e. The number of amides is 2. The van der Waals surface area contributed by atoms with Gasteiger partial charge in [-0.1, -0.05) is 6.07 Å². The number of ether oxygens (including phenoxy) is 1. The molecule has 0 radical (unpaired) electrons. The molecule has 1 atom stereocenters. The lowest BCUT2D eigenvalue weighted by molar-refractivity contribution is -0.119. The Morgan fingerprint density at radius 2 is 2.22 bits per heavy atom. The van der Waals surface area contributed by atoms with Crippen LogP contribution in [-0.2, 0) is 14.3 Å². The lowest BCUT2D eigenvalue weighted by atomic mass is 10.1. The van der Waals surface area contributed by atoms with E-state index in [4.69, 9.17) is 10.5 Å². The maximum absolute atomic E-state index is 12.0. The van der Waals surface area contributed by atoms with Crippen LogP contribution in [-0.4, -0.2) is 38.1 Å². The van der Waals surface area contributed by atoms with E-state index in [2.05, 4.69) is 5.32 Å². The highest BCUT2D eigenvalue weighted by molar-refractivity contribution is 5.96. The monoisotopic (exact) mass is 341 g/mol. The summed E-state index contributed by atoms with van der Waals surface area (Å²) in [6, 6.07) is 7.35. The van der Waals surface area contributed by atoms with Crippen molar-refractivity contribution >= 4 is 35.6 Å². The van der Waals surface area contributed by atoms with Crippen LogP contribution in [0.15, 0.2) is 24.3 Å². The van der Waals surface area contributed by atoms with E-state index in [9.17, 15) is 9.59 Å². The third-order valence-electron chi connectivity index (χ3n) is 3.77. The molecule has 2 amide bonds. The average Bonchev–Trinajstić information content (AvgIpc) is 2.53. The third kappa shape index (κ3) is 5.49. The van der Waals surface area contributed by atoms with Gasteiger partial charge in [-0.3, -0.25) is 9.59 Å². The summed E-state index contributed by atoms with van der Waals surface area (Å²) in [6.45, 7) is 1.03. The predicted molar refractivity (Wildman–Crippen MR) is 93.0 cm³/mol. The van der Waals surface area contributed by atoms with Gasteiger partial charge in [-0.25, -0.2) is 0 Å². The van der Waals surface area contributed by atoms with Gasteiger partial charge in [0.25, 0.3) is 0 Å². The minimum atomic E-state index is -0.285. The minimum Gasteiger partial charge on any atom is -0.380 e. The zero-order valence-electron chi connectivity index (χ0n) is 13.3. The number of benzene rings is 1. The van der Waals surface area contributed by atoms with Crippen LogP contribution in [0.5, 0.6) is 0 Å². The molecule has 23 heavy (non-hydrogen) atoms. The van der Waals surface area contributed by atoms with E-state index in [-0.39, 0.29) is 36.7 Å². The Kier molecular flexibility index (Phi) is 8.02. The van der Waals surface area contributed by atoms with E-state index in [1.807, 2.05) is 18.2 Å². The van der Waals surface area contributed by atoms with Gasteiger partial charge in [0.15, 0.2) is 0 Å². The zero-order valence-corrected chi connectivity index (χ0v) is 14.1. The van der Waals surface area contributed by atoms with Crippen molar-refractivity contribution in [2.45, 2.75) is 31.8 Å². The average molecular weight is 342 g/mol. The van der Waals surface area contributed by atoms with Gasteiger partial charge in [-0.15, -0.1) is 12.4 Å². The van der Waals surface area contributed by atoms with E-state index in [0.717, 1.165) is 25.1 Å². The van der Waals surface area contributed by atoms with E-state index in [1.165, 1.54) is 7.11 Å². The Morgan fingerprint density at radius 3 is 2.87 bits per heavy atom. The fourth-order valence-electron chi connectivity index (χ4n) is 2.51. The van der Waals surface area contributed by atoms with Gasteiger partial charge in [0.05, 0.1) is 12.5 Å². The second-order valence-electron chi connectivity index (χ2n) is 5.40. The van der Waals surface area contributed by atoms with Crippen molar-refractivity contribution in [1.29, 1.82) is 0 Å². The van der Waals surface area contributed by atoms with Crippen LogP contribution in [0.1, 0.15) is 25.7 Å². The molecule has 1 aromatic carbocycles. The number of anilines is 2. The molecule has 1 aliphatic rings. The molecule has 0 aromatic heterocycles. The van der Waals surface area contributed by atoms with Gasteiger partial charge in [-0.05, 0) is 31.0 Å². The second-order valence-corrected chi connectivity index (χ2v) is 5.40. The van der Waals surface area contributed by atoms with Crippen LogP contribution in [0.2, 0.25) is 0 Å². The van der Waals surface area contributed by atoms with Gasteiger partial charge in [-0.2, -0.15) is 0 Å². The maximum Gasteiger partial charge on any atom is 0.227 e. The fourth-order valence-corrected chi connectivity index (χ4v) is 2.51. The van der Waals surface area contributed by atoms with Crippen LogP contribution in [0.25, 0.3) is 0 Å². The topological polar surface area (TPSA) is 84.7 Å². The van der Waals surface area contributed by atoms with E-state index in [1.54, 1.807) is 11.0 Å². The first-order valence-corrected chi connectivity index (χ1v) is 7.57. The van der Waals surface area contributed by atoms with Crippen LogP contribution < -0.4 is 16.0 Å². The Labute approximate surface area is 142 Å². The van der Waals surface area contributed by atoms with Crippen molar-refractivity contribution in [3.05, 3.63) is 24.3 Å². The van der Waals surface area contributed by atoms with E-state index in [0.29, 0.717) is 18.7 Å². The minimum absolute atomic E-state index is 0. The molecule has 0 bridgehead atoms. The summed E-state index contributed by atoms with van der Waals surface area (Å²) in [5.41, 5.74) is 7.01. The number of halogens is 1. The van der Waals surface area contributed by atoms with Crippen molar-refractivity contribution in [2.75, 3.05) is 30.4 Å². The number of carbonyl (C=O) groups excluding carboxylic acids is 2. The fraction of sp³-hybridized carbons (Fsp3) is 0.500. The Hall–Kier alpha value is -1.63. The first kappa shape index (κ1) is 19.4. The van der Waals surface area contributed by atoms with Crippen LogP contribution >= 0.6 is 12.4 Å². The van der Waals surface area contributed by atoms with Crippen molar-refractivity contribution in [3.63, 3.8) is 0 Å². The molecule has 0 aliphatic carbocycles. The lowest BCUT2D eigenvalue weighted by Gasteiger charge is -2.27. The standard InChI is InChI=1S/C16H23N3O3.ClH/c1-22-14(11-17)10-15(20)18-12-5-4-6-13(9-12)19-8-3-2-7-16(19)21;/h4-6,9,14H,2-3,7-8,10-11,17H2,1H3,(H,18,20);1H. The maximum atomic E-state index is 12.0. The number of carbonyl (C=O) groups is 2. The van der Waals surface area contributed by atoms with Gasteiger partial charge in [0, 0.05) is 38.0 Å². The van der Waals surface area contributed by atoms with Gasteiger partial charge in [0.1, 0.15) is 0 Å². The molecule has 0 spiro atoms. The summed E-state index contributed by atoms with van der Waals surface area (Å²) in [7, 11) is 1.54. The summed E-state index contributed by atoms with van der Waals surface area (Å²) in [5.74, 6) is -0.0169. The van der Waals surface area contributed by atoms with Gasteiger partial charge >= 0.3 is 0 Å². The molecule has 0 saturated carbocycles. The number of nitrogens with one attached hydrogen (secondary N) is 1. The summed E-state index contributed by atoms with van der Waals surface area (Å²) in [4.78, 5) is 25.7. The zero-order chi connectivity index (χ0) is 15.9. The highest BCUT2D eigenvalue weighted by atomic mass is 35.5. The van der Waals surface area contributed by atoms with Crippen LogP contribution in [0, 0.1) is 0 Å². The normalized spacial score (nSPS) is 15.7. The van der Waals surface area contributed by atoms with Gasteiger partial charge in [0.2, 0.25) is 11.8 Å². The molecule has 128 valence electrons. The second kappa shape index (κ2) is 9.50. The van der Waals surface area contributed by atoms with Crippen LogP contribution in [0.3, 0.4) is 0 Å². The van der Waals surface area contributed by atoms with E-state index >= 15 is 0 Å². The highest BCUT2D eigenvalue weighted by Gasteiger charge is 2.20. The molecule has 1 aromatic rings. The third-order valence-corrected chi connectivity index (χ3v) is 3.77. The van der Waals surface area contributed by atoms with Crippen molar-refractivity contribution in [2.24, 2.45) is 5.73 Å². The summed E-state index contributed by atoms with van der Waals surface area (Å²) in [6.07, 6.45) is 2.46. The molecule has 7 heteroatoms. The molecule has 1 saturated heterocycles. The number of nitrogens with zero attached hydrogens (tertiary/aromatic N) is 1. The van der Waals surface area contributed by atoms with Crippen LogP contribution in [0.4, 0.5) is 11.4 Å². The van der Waals surface area contributed by atoms with Crippen molar-refractivity contribution < 1.29 is 14.3 Å². The summed E-state index contributed by atoms with van der Waals surface area (Å²) < 4.78 is 5.10. The molecule has 3 N–H and O–H groups in total. The van der Waals surface area contributed by atoms with Gasteiger partial charge < -0.3 is 20.7 Å². The molecular weight excluding hydrogens is 318 g/mol. The van der Waals surface area contributed by atoms with Crippen molar-refractivity contribution in [3.8, 4) is 0 Å². The molecular formula is C16H24ClN3O3. The predicted octanol–water partition coefficient (Wildman–Crippen LogP) is 1.93. The Bertz CT molecular complexity index is 535. The lowest BCUT2D eigenvalue weighted by Crippen LogP contribution is -2.35. The number of hydrogen-bond donors (Lipinski definition) is 2. The first-order valence-electron chi connectivity index (χ1n) is 7.57. The number of rotatable bonds is 6. The highest BCUT2D eigenvalue weighted by Crippen LogP contribution is 2.24. The molecule has 1 heterocycles. The molecule has 6 nitrogen and oxygen atoms in total. The summed E-state index contributed by atoms with van der Waals surface area (Å²) in [5, 5.41) is 2.82. The molecule has 2 rings (SSSR count). The number of piperidine rings is 1. The first-order chi connectivity index (χ1) is 10.6. The van der Waals surface area contributed by atoms with Crippen molar-refractivity contribution in [1.82, 2.24) is 0 Å². The molecule has 1 unspecified atom stereocenters. The SMILES string of the molecule is COC(CN)CC(=O)Nc1cccc(N2CCCCC2=O)c1.Cl. The Balaban J connectivity index is 0.00000264. The largest absolute Gasteiger partial charge is 0.380 e. The molecule has 1 aliphatic heterocycles. The number of methoxy groups -OCH3 is 1. The number of hydrogen-bond acceptors (Lipinski definition) is 4. The number of nitrogens with two attached hydrogens (primary N) is 1. The Morgan fingerprint density at radius 1 is 1.43 bits per heavy atom.